The number of amides is 2. The Morgan fingerprint density at radius 1 is 0.878 bits per heavy atom. The molecule has 0 heterocycles. The molecular weight excluding hydrogens is 558 g/mol. The summed E-state index contributed by atoms with van der Waals surface area (Å²) < 4.78 is 27.0. The van der Waals surface area contributed by atoms with Gasteiger partial charge in [-0.2, -0.15) is 0 Å². The van der Waals surface area contributed by atoms with E-state index in [1.165, 1.54) is 0 Å². The van der Waals surface area contributed by atoms with E-state index in [4.69, 9.17) is 11.6 Å². The van der Waals surface area contributed by atoms with Gasteiger partial charge in [-0.05, 0) is 59.7 Å². The number of hydrogen-bond donors (Lipinski definition) is 2. The van der Waals surface area contributed by atoms with Crippen LogP contribution in [0.25, 0.3) is 0 Å². The van der Waals surface area contributed by atoms with Gasteiger partial charge in [0.2, 0.25) is 21.8 Å². The van der Waals surface area contributed by atoms with E-state index in [0.29, 0.717) is 36.9 Å². The molecule has 3 aromatic carbocycles. The van der Waals surface area contributed by atoms with Crippen molar-refractivity contribution in [3.8, 4) is 0 Å². The number of nitrogens with one attached hydrogen (secondary N) is 2. The summed E-state index contributed by atoms with van der Waals surface area (Å²) in [6.45, 7) is 7.02. The average molecular weight is 598 g/mol. The van der Waals surface area contributed by atoms with E-state index < -0.39 is 16.1 Å². The molecule has 2 N–H and O–H groups in total. The van der Waals surface area contributed by atoms with Gasteiger partial charge in [0.1, 0.15) is 6.04 Å². The molecule has 0 radical (unpaired) electrons. The Morgan fingerprint density at radius 3 is 2.12 bits per heavy atom. The molecule has 1 atom stereocenters. The molecule has 3 aromatic rings. The number of benzene rings is 3. The summed E-state index contributed by atoms with van der Waals surface area (Å²) in [6.07, 6.45) is 1.79. The van der Waals surface area contributed by atoms with E-state index in [0.717, 1.165) is 23.1 Å². The van der Waals surface area contributed by atoms with Crippen LogP contribution in [0, 0.1) is 5.92 Å². The van der Waals surface area contributed by atoms with Gasteiger partial charge in [0.15, 0.2) is 0 Å². The first-order valence-electron chi connectivity index (χ1n) is 14.0. The zero-order valence-electron chi connectivity index (χ0n) is 24.0. The van der Waals surface area contributed by atoms with Gasteiger partial charge in [-0.25, -0.2) is 13.1 Å². The third kappa shape index (κ3) is 10.3. The quantitative estimate of drug-likeness (QED) is 0.246. The van der Waals surface area contributed by atoms with E-state index >= 15 is 0 Å². The summed E-state index contributed by atoms with van der Waals surface area (Å²) in [7, 11) is -3.55. The topological polar surface area (TPSA) is 95.6 Å². The number of carbonyl (C=O) groups excluding carboxylic acids is 2. The fourth-order valence-electron chi connectivity index (χ4n) is 4.45. The first kappa shape index (κ1) is 32.3. The first-order chi connectivity index (χ1) is 19.6. The second-order valence-corrected chi connectivity index (χ2v) is 12.7. The Bertz CT molecular complexity index is 1360. The number of sulfonamides is 1. The summed E-state index contributed by atoms with van der Waals surface area (Å²) in [6, 6.07) is 22.8. The van der Waals surface area contributed by atoms with Gasteiger partial charge in [0, 0.05) is 37.5 Å². The summed E-state index contributed by atoms with van der Waals surface area (Å²) in [5.74, 6) is 0.0906. The maximum absolute atomic E-state index is 13.8. The van der Waals surface area contributed by atoms with Crippen LogP contribution >= 0.6 is 11.6 Å². The molecule has 0 unspecified atom stereocenters. The molecule has 0 aromatic heterocycles. The molecule has 0 aliphatic rings. The van der Waals surface area contributed by atoms with E-state index in [1.54, 1.807) is 48.2 Å². The van der Waals surface area contributed by atoms with E-state index in [2.05, 4.69) is 23.9 Å². The van der Waals surface area contributed by atoms with E-state index in [9.17, 15) is 18.0 Å². The molecule has 0 aliphatic heterocycles. The molecular formula is C32H40ClN3O4S. The molecule has 2 amide bonds. The van der Waals surface area contributed by atoms with Crippen LogP contribution in [0.2, 0.25) is 5.02 Å². The zero-order valence-corrected chi connectivity index (χ0v) is 25.5. The highest BCUT2D eigenvalue weighted by Crippen LogP contribution is 2.19. The number of halogens is 1. The van der Waals surface area contributed by atoms with Crippen LogP contribution in [-0.4, -0.2) is 44.3 Å². The van der Waals surface area contributed by atoms with Crippen LogP contribution in [-0.2, 0) is 39.0 Å². The summed E-state index contributed by atoms with van der Waals surface area (Å²) >= 11 is 6.10. The lowest BCUT2D eigenvalue weighted by Crippen LogP contribution is -2.50. The largest absolute Gasteiger partial charge is 0.354 e. The van der Waals surface area contributed by atoms with Crippen LogP contribution in [0.4, 0.5) is 0 Å². The molecule has 41 heavy (non-hydrogen) atoms. The van der Waals surface area contributed by atoms with Crippen molar-refractivity contribution >= 4 is 33.4 Å². The van der Waals surface area contributed by atoms with Gasteiger partial charge in [-0.15, -0.1) is 0 Å². The lowest BCUT2D eigenvalue weighted by molar-refractivity contribution is -0.141. The number of carbonyl (C=O) groups is 2. The zero-order chi connectivity index (χ0) is 29.8. The summed E-state index contributed by atoms with van der Waals surface area (Å²) in [4.78, 5) is 29.3. The molecule has 0 saturated heterocycles. The van der Waals surface area contributed by atoms with Crippen LogP contribution in [0.3, 0.4) is 0 Å². The minimum absolute atomic E-state index is 0.163. The van der Waals surface area contributed by atoms with E-state index in [-0.39, 0.29) is 29.7 Å². The van der Waals surface area contributed by atoms with Crippen LogP contribution in [0.5, 0.6) is 0 Å². The maximum atomic E-state index is 13.8. The van der Waals surface area contributed by atoms with Gasteiger partial charge in [0.05, 0.1) is 4.90 Å². The van der Waals surface area contributed by atoms with Gasteiger partial charge >= 0.3 is 0 Å². The van der Waals surface area contributed by atoms with Crippen molar-refractivity contribution in [2.24, 2.45) is 5.92 Å². The Morgan fingerprint density at radius 2 is 1.51 bits per heavy atom. The smallest absolute Gasteiger partial charge is 0.243 e. The van der Waals surface area contributed by atoms with Crippen molar-refractivity contribution in [2.75, 3.05) is 13.1 Å². The van der Waals surface area contributed by atoms with Crippen molar-refractivity contribution in [2.45, 2.75) is 63.9 Å². The average Bonchev–Trinajstić information content (AvgIpc) is 2.95. The standard InChI is InChI=1S/C32H40ClN3O4S/c1-4-35-41(39,40)29-17-12-25(13-18-29)14-19-31(37)36(23-27-10-15-28(33)16-11-27)30(22-26-8-6-5-7-9-26)32(38)34-21-20-24(2)3/h5-13,15-18,24,30,35H,4,14,19-23H2,1-3H3,(H,34,38)/t30-/m1/s1. The molecule has 3 rings (SSSR count). The van der Waals surface area contributed by atoms with Gasteiger partial charge < -0.3 is 10.2 Å². The van der Waals surface area contributed by atoms with Crippen LogP contribution < -0.4 is 10.0 Å². The lowest BCUT2D eigenvalue weighted by atomic mass is 10.0. The summed E-state index contributed by atoms with van der Waals surface area (Å²) in [5.41, 5.74) is 2.66. The Hall–Kier alpha value is -3.20. The van der Waals surface area contributed by atoms with Gasteiger partial charge in [-0.3, -0.25) is 9.59 Å². The molecule has 0 spiro atoms. The van der Waals surface area contributed by atoms with Crippen LogP contribution in [0.15, 0.2) is 83.8 Å². The minimum atomic E-state index is -3.55. The molecule has 0 bridgehead atoms. The maximum Gasteiger partial charge on any atom is 0.243 e. The number of nitrogens with zero attached hydrogens (tertiary/aromatic N) is 1. The highest BCUT2D eigenvalue weighted by Gasteiger charge is 2.30. The number of hydrogen-bond acceptors (Lipinski definition) is 4. The van der Waals surface area contributed by atoms with Gasteiger partial charge in [-0.1, -0.05) is 87.0 Å². The highest BCUT2D eigenvalue weighted by atomic mass is 35.5. The van der Waals surface area contributed by atoms with Crippen molar-refractivity contribution < 1.29 is 18.0 Å². The minimum Gasteiger partial charge on any atom is -0.354 e. The third-order valence-corrected chi connectivity index (χ3v) is 8.57. The highest BCUT2D eigenvalue weighted by molar-refractivity contribution is 7.89. The monoisotopic (exact) mass is 597 g/mol. The van der Waals surface area contributed by atoms with E-state index in [1.807, 2.05) is 42.5 Å². The predicted octanol–water partition coefficient (Wildman–Crippen LogP) is 5.37. The first-order valence-corrected chi connectivity index (χ1v) is 15.9. The Kier molecular flexibility index (Phi) is 12.4. The molecule has 7 nitrogen and oxygen atoms in total. The van der Waals surface area contributed by atoms with Crippen molar-refractivity contribution in [1.29, 1.82) is 0 Å². The third-order valence-electron chi connectivity index (χ3n) is 6.75. The molecule has 0 aliphatic carbocycles. The second-order valence-electron chi connectivity index (χ2n) is 10.5. The Balaban J connectivity index is 1.85. The normalized spacial score (nSPS) is 12.2. The number of aryl methyl sites for hydroxylation is 1. The Labute approximate surface area is 249 Å². The van der Waals surface area contributed by atoms with Crippen molar-refractivity contribution in [3.63, 3.8) is 0 Å². The second kappa shape index (κ2) is 15.7. The fourth-order valence-corrected chi connectivity index (χ4v) is 5.61. The lowest BCUT2D eigenvalue weighted by Gasteiger charge is -2.32. The molecule has 9 heteroatoms. The number of rotatable bonds is 15. The molecule has 0 saturated carbocycles. The van der Waals surface area contributed by atoms with Crippen molar-refractivity contribution in [3.05, 3.63) is 101 Å². The molecule has 0 fully saturated rings. The van der Waals surface area contributed by atoms with Crippen molar-refractivity contribution in [1.82, 2.24) is 14.9 Å². The summed E-state index contributed by atoms with van der Waals surface area (Å²) in [5, 5.41) is 3.65. The van der Waals surface area contributed by atoms with Crippen LogP contribution in [0.1, 0.15) is 50.3 Å². The fraction of sp³-hybridized carbons (Fsp3) is 0.375. The molecule has 220 valence electrons. The predicted molar refractivity (Wildman–Crippen MR) is 164 cm³/mol. The SMILES string of the molecule is CCNS(=O)(=O)c1ccc(CCC(=O)N(Cc2ccc(Cl)cc2)[C@H](Cc2ccccc2)C(=O)NCCC(C)C)cc1. The van der Waals surface area contributed by atoms with Gasteiger partial charge in [0.25, 0.3) is 0 Å².